The Hall–Kier alpha value is -3.23. The number of aliphatic hydroxyl groups is 1. The molecule has 3 aliphatic rings. The molecule has 0 radical (unpaired) electrons. The second kappa shape index (κ2) is 6.13. The van der Waals surface area contributed by atoms with E-state index in [1.54, 1.807) is 6.92 Å². The maximum absolute atomic E-state index is 13.4. The van der Waals surface area contributed by atoms with E-state index < -0.39 is 53.5 Å². The SMILES string of the molecule is CC(O)c1cccc2c1C(=O)c1c(O)c3c(c(O)c1C2=O)C1OC(=O)CC1OC3C. The normalized spacial score (nSPS) is 25.2. The number of rotatable bonds is 1. The predicted molar refractivity (Wildman–Crippen MR) is 100 cm³/mol. The molecule has 0 aromatic heterocycles. The Labute approximate surface area is 170 Å². The molecule has 3 N–H and O–H groups in total. The van der Waals surface area contributed by atoms with Crippen LogP contribution >= 0.6 is 0 Å². The summed E-state index contributed by atoms with van der Waals surface area (Å²) in [5.74, 6) is -2.83. The Morgan fingerprint density at radius 2 is 1.67 bits per heavy atom. The summed E-state index contributed by atoms with van der Waals surface area (Å²) < 4.78 is 11.1. The van der Waals surface area contributed by atoms with Crippen LogP contribution in [0.3, 0.4) is 0 Å². The Kier molecular flexibility index (Phi) is 3.84. The molecule has 1 aliphatic carbocycles. The van der Waals surface area contributed by atoms with Gasteiger partial charge in [0.25, 0.3) is 0 Å². The lowest BCUT2D eigenvalue weighted by Crippen LogP contribution is -2.30. The Morgan fingerprint density at radius 1 is 1.00 bits per heavy atom. The first-order valence-corrected chi connectivity index (χ1v) is 9.59. The summed E-state index contributed by atoms with van der Waals surface area (Å²) >= 11 is 0. The molecule has 5 rings (SSSR count). The van der Waals surface area contributed by atoms with Gasteiger partial charge < -0.3 is 24.8 Å². The number of phenols is 2. The molecule has 0 spiro atoms. The molecule has 8 heteroatoms. The summed E-state index contributed by atoms with van der Waals surface area (Å²) in [7, 11) is 0. The van der Waals surface area contributed by atoms with Crippen LogP contribution in [0.4, 0.5) is 0 Å². The fourth-order valence-electron chi connectivity index (χ4n) is 4.75. The van der Waals surface area contributed by atoms with Crippen LogP contribution in [-0.4, -0.2) is 39.0 Å². The van der Waals surface area contributed by atoms with Crippen molar-refractivity contribution < 1.29 is 39.2 Å². The number of esters is 1. The van der Waals surface area contributed by atoms with Crippen molar-refractivity contribution in [2.24, 2.45) is 0 Å². The molecule has 30 heavy (non-hydrogen) atoms. The van der Waals surface area contributed by atoms with Crippen molar-refractivity contribution in [1.29, 1.82) is 0 Å². The quantitative estimate of drug-likeness (QED) is 0.412. The molecule has 2 aromatic rings. The summed E-state index contributed by atoms with van der Waals surface area (Å²) in [5, 5.41) is 32.2. The molecule has 4 atom stereocenters. The van der Waals surface area contributed by atoms with Gasteiger partial charge in [0.15, 0.2) is 17.7 Å². The number of hydrogen-bond donors (Lipinski definition) is 3. The number of benzene rings is 2. The van der Waals surface area contributed by atoms with Crippen molar-refractivity contribution in [2.45, 2.75) is 44.7 Å². The molecule has 8 nitrogen and oxygen atoms in total. The minimum absolute atomic E-state index is 0.00537. The van der Waals surface area contributed by atoms with Gasteiger partial charge in [-0.3, -0.25) is 14.4 Å². The summed E-state index contributed by atoms with van der Waals surface area (Å²) in [6.45, 7) is 3.09. The van der Waals surface area contributed by atoms with E-state index in [0.717, 1.165) is 0 Å². The van der Waals surface area contributed by atoms with Gasteiger partial charge in [-0.15, -0.1) is 0 Å². The number of aromatic hydroxyl groups is 2. The van der Waals surface area contributed by atoms with Gasteiger partial charge in [0.1, 0.15) is 17.6 Å². The Bertz CT molecular complexity index is 1160. The molecule has 1 fully saturated rings. The molecule has 1 saturated heterocycles. The molecule has 2 heterocycles. The second-order valence-electron chi connectivity index (χ2n) is 7.81. The number of aliphatic hydroxyl groups excluding tert-OH is 1. The minimum atomic E-state index is -1.02. The molecule has 2 aromatic carbocycles. The van der Waals surface area contributed by atoms with Crippen LogP contribution in [0, 0.1) is 0 Å². The van der Waals surface area contributed by atoms with E-state index in [1.165, 1.54) is 25.1 Å². The molecule has 0 amide bonds. The zero-order valence-electron chi connectivity index (χ0n) is 16.1. The lowest BCUT2D eigenvalue weighted by Gasteiger charge is -2.34. The third-order valence-electron chi connectivity index (χ3n) is 6.03. The van der Waals surface area contributed by atoms with E-state index in [2.05, 4.69) is 0 Å². The van der Waals surface area contributed by atoms with Gasteiger partial charge in [0.05, 0.1) is 29.8 Å². The van der Waals surface area contributed by atoms with Crippen LogP contribution in [-0.2, 0) is 14.3 Å². The maximum Gasteiger partial charge on any atom is 0.309 e. The number of phenolic OH excluding ortho intramolecular Hbond substituents is 2. The van der Waals surface area contributed by atoms with Crippen molar-refractivity contribution >= 4 is 17.5 Å². The molecule has 2 aliphatic heterocycles. The average Bonchev–Trinajstić information content (AvgIpc) is 3.06. The molecular formula is C22H18O8. The summed E-state index contributed by atoms with van der Waals surface area (Å²) in [6.07, 6.45) is -3.42. The third-order valence-corrected chi connectivity index (χ3v) is 6.03. The topological polar surface area (TPSA) is 130 Å². The lowest BCUT2D eigenvalue weighted by molar-refractivity contribution is -0.143. The van der Waals surface area contributed by atoms with E-state index in [4.69, 9.17) is 9.47 Å². The van der Waals surface area contributed by atoms with Gasteiger partial charge in [-0.2, -0.15) is 0 Å². The largest absolute Gasteiger partial charge is 0.507 e. The van der Waals surface area contributed by atoms with Crippen LogP contribution in [0.2, 0.25) is 0 Å². The molecule has 0 saturated carbocycles. The number of carbonyl (C=O) groups is 3. The van der Waals surface area contributed by atoms with Crippen LogP contribution in [0.5, 0.6) is 11.5 Å². The first-order chi connectivity index (χ1) is 14.2. The Morgan fingerprint density at radius 3 is 2.37 bits per heavy atom. The van der Waals surface area contributed by atoms with Crippen molar-refractivity contribution in [3.05, 3.63) is 57.1 Å². The first kappa shape index (κ1) is 18.8. The number of hydrogen-bond acceptors (Lipinski definition) is 8. The van der Waals surface area contributed by atoms with E-state index in [9.17, 15) is 29.7 Å². The van der Waals surface area contributed by atoms with E-state index in [-0.39, 0.29) is 45.4 Å². The third kappa shape index (κ3) is 2.26. The highest BCUT2D eigenvalue weighted by Crippen LogP contribution is 2.54. The van der Waals surface area contributed by atoms with Gasteiger partial charge in [-0.1, -0.05) is 18.2 Å². The standard InChI is InChI=1S/C22H18O8/c1-7(23)9-4-3-5-10-14(9)20(27)16-15(18(10)25)21(28)17-13(19(16)26)8(2)29-11-6-12(24)30-22(11)17/h3-5,7-8,11,22-23,26,28H,6H2,1-2H3. The van der Waals surface area contributed by atoms with E-state index in [1.807, 2.05) is 0 Å². The van der Waals surface area contributed by atoms with Gasteiger partial charge in [-0.05, 0) is 19.4 Å². The zero-order valence-corrected chi connectivity index (χ0v) is 16.1. The molecular weight excluding hydrogens is 392 g/mol. The fourth-order valence-corrected chi connectivity index (χ4v) is 4.75. The van der Waals surface area contributed by atoms with Crippen molar-refractivity contribution in [3.8, 4) is 11.5 Å². The molecule has 4 unspecified atom stereocenters. The van der Waals surface area contributed by atoms with Crippen LogP contribution in [0.25, 0.3) is 0 Å². The zero-order chi connectivity index (χ0) is 21.5. The van der Waals surface area contributed by atoms with Crippen molar-refractivity contribution in [2.75, 3.05) is 0 Å². The van der Waals surface area contributed by atoms with Gasteiger partial charge >= 0.3 is 5.97 Å². The van der Waals surface area contributed by atoms with Gasteiger partial charge in [0.2, 0.25) is 0 Å². The van der Waals surface area contributed by atoms with E-state index in [0.29, 0.717) is 0 Å². The van der Waals surface area contributed by atoms with E-state index >= 15 is 0 Å². The lowest BCUT2D eigenvalue weighted by atomic mass is 9.76. The number of ketones is 2. The van der Waals surface area contributed by atoms with Crippen LogP contribution in [0.1, 0.15) is 87.1 Å². The van der Waals surface area contributed by atoms with Crippen molar-refractivity contribution in [3.63, 3.8) is 0 Å². The van der Waals surface area contributed by atoms with Gasteiger partial charge in [0, 0.05) is 22.3 Å². The monoisotopic (exact) mass is 410 g/mol. The number of fused-ring (bicyclic) bond motifs is 5. The predicted octanol–water partition coefficient (Wildman–Crippen LogP) is 2.37. The van der Waals surface area contributed by atoms with Crippen LogP contribution < -0.4 is 0 Å². The number of ether oxygens (including phenoxy) is 2. The average molecular weight is 410 g/mol. The highest BCUT2D eigenvalue weighted by molar-refractivity contribution is 6.31. The minimum Gasteiger partial charge on any atom is -0.507 e. The molecule has 154 valence electrons. The first-order valence-electron chi connectivity index (χ1n) is 9.59. The Balaban J connectivity index is 1.82. The summed E-state index contributed by atoms with van der Waals surface area (Å²) in [5.41, 5.74) is -0.187. The summed E-state index contributed by atoms with van der Waals surface area (Å²) in [6, 6.07) is 4.50. The molecule has 0 bridgehead atoms. The van der Waals surface area contributed by atoms with Gasteiger partial charge in [-0.25, -0.2) is 0 Å². The smallest absolute Gasteiger partial charge is 0.309 e. The highest BCUT2D eigenvalue weighted by Gasteiger charge is 2.49. The maximum atomic E-state index is 13.4. The second-order valence-corrected chi connectivity index (χ2v) is 7.81. The fraction of sp³-hybridized carbons (Fsp3) is 0.318. The summed E-state index contributed by atoms with van der Waals surface area (Å²) in [4.78, 5) is 38.4. The van der Waals surface area contributed by atoms with Crippen molar-refractivity contribution in [1.82, 2.24) is 0 Å². The number of carbonyl (C=O) groups excluding carboxylic acids is 3. The highest BCUT2D eigenvalue weighted by atomic mass is 16.6. The van der Waals surface area contributed by atoms with Crippen LogP contribution in [0.15, 0.2) is 18.2 Å².